The van der Waals surface area contributed by atoms with Crippen LogP contribution in [0.15, 0.2) is 22.7 Å². The van der Waals surface area contributed by atoms with Gasteiger partial charge < -0.3 is 21.3 Å². The van der Waals surface area contributed by atoms with Crippen LogP contribution in [-0.4, -0.2) is 34.9 Å². The predicted molar refractivity (Wildman–Crippen MR) is 73.2 cm³/mol. The van der Waals surface area contributed by atoms with Crippen LogP contribution in [0.5, 0.6) is 0 Å². The van der Waals surface area contributed by atoms with Crippen molar-refractivity contribution in [2.45, 2.75) is 18.9 Å². The number of nitrogen functional groups attached to an aromatic ring is 1. The van der Waals surface area contributed by atoms with Crippen LogP contribution in [0.2, 0.25) is 0 Å². The minimum absolute atomic E-state index is 0.328. The molecule has 0 aliphatic rings. The summed E-state index contributed by atoms with van der Waals surface area (Å²) in [5, 5.41) is 21.2. The average molecular weight is 317 g/mol. The molecule has 1 aromatic rings. The quantitative estimate of drug-likeness (QED) is 0.607. The molecule has 0 aliphatic carbocycles. The van der Waals surface area contributed by atoms with Gasteiger partial charge in [-0.25, -0.2) is 0 Å². The summed E-state index contributed by atoms with van der Waals surface area (Å²) in [4.78, 5) is 12.1. The smallest absolute Gasteiger partial charge is 0.253 e. The van der Waals surface area contributed by atoms with Crippen molar-refractivity contribution in [3.05, 3.63) is 28.2 Å². The number of aliphatic hydroxyl groups excluding tert-OH is 2. The van der Waals surface area contributed by atoms with Crippen LogP contribution in [-0.2, 0) is 0 Å². The molecule has 0 saturated carbocycles. The normalized spacial score (nSPS) is 11.3. The minimum Gasteiger partial charge on any atom is -0.399 e. The van der Waals surface area contributed by atoms with Gasteiger partial charge in [0.05, 0.1) is 24.3 Å². The van der Waals surface area contributed by atoms with Crippen LogP contribution >= 0.6 is 15.9 Å². The third-order valence-electron chi connectivity index (χ3n) is 2.90. The van der Waals surface area contributed by atoms with Crippen LogP contribution < -0.4 is 11.1 Å². The molecule has 1 rings (SSSR count). The van der Waals surface area contributed by atoms with Crippen molar-refractivity contribution >= 4 is 27.5 Å². The molecule has 5 N–H and O–H groups in total. The van der Waals surface area contributed by atoms with Gasteiger partial charge in [-0.15, -0.1) is 0 Å². The van der Waals surface area contributed by atoms with Crippen molar-refractivity contribution in [1.29, 1.82) is 0 Å². The zero-order valence-electron chi connectivity index (χ0n) is 10.1. The lowest BCUT2D eigenvalue weighted by atomic mass is 9.98. The average Bonchev–Trinajstić information content (AvgIpc) is 2.38. The standard InChI is InChI=1S/C12H17BrN2O3/c1-2-12(6-16,7-17)15-11(18)9-5-8(14)3-4-10(9)13/h3-5,16-17H,2,6-7,14H2,1H3,(H,15,18). The Labute approximate surface area is 114 Å². The highest BCUT2D eigenvalue weighted by atomic mass is 79.9. The number of nitrogens with two attached hydrogens (primary N) is 1. The van der Waals surface area contributed by atoms with E-state index < -0.39 is 5.54 Å². The van der Waals surface area contributed by atoms with Gasteiger partial charge in [-0.05, 0) is 40.5 Å². The predicted octanol–water partition coefficient (Wildman–Crippen LogP) is 0.895. The van der Waals surface area contributed by atoms with E-state index >= 15 is 0 Å². The van der Waals surface area contributed by atoms with Crippen LogP contribution in [0.4, 0.5) is 5.69 Å². The zero-order valence-corrected chi connectivity index (χ0v) is 11.7. The fraction of sp³-hybridized carbons (Fsp3) is 0.417. The second-order valence-corrected chi connectivity index (χ2v) is 5.00. The first-order valence-corrected chi connectivity index (χ1v) is 6.36. The summed E-state index contributed by atoms with van der Waals surface area (Å²) in [6, 6.07) is 4.89. The van der Waals surface area contributed by atoms with E-state index in [1.807, 2.05) is 0 Å². The van der Waals surface area contributed by atoms with Gasteiger partial charge in [0.2, 0.25) is 0 Å². The number of nitrogens with one attached hydrogen (secondary N) is 1. The Kier molecular flexibility index (Phi) is 5.13. The molecule has 6 heteroatoms. The number of rotatable bonds is 5. The maximum absolute atomic E-state index is 12.1. The fourth-order valence-electron chi connectivity index (χ4n) is 1.47. The van der Waals surface area contributed by atoms with Crippen molar-refractivity contribution in [2.24, 2.45) is 0 Å². The van der Waals surface area contributed by atoms with Gasteiger partial charge in [0.1, 0.15) is 0 Å². The molecule has 0 heterocycles. The molecule has 0 fully saturated rings. The van der Waals surface area contributed by atoms with Crippen LogP contribution in [0.3, 0.4) is 0 Å². The van der Waals surface area contributed by atoms with Crippen LogP contribution in [0.1, 0.15) is 23.7 Å². The molecule has 18 heavy (non-hydrogen) atoms. The Morgan fingerprint density at radius 3 is 2.56 bits per heavy atom. The Balaban J connectivity index is 2.97. The van der Waals surface area contributed by atoms with Gasteiger partial charge >= 0.3 is 0 Å². The third kappa shape index (κ3) is 3.22. The maximum atomic E-state index is 12.1. The van der Waals surface area contributed by atoms with Crippen molar-refractivity contribution in [3.63, 3.8) is 0 Å². The summed E-state index contributed by atoms with van der Waals surface area (Å²) in [5.74, 6) is -0.390. The first-order chi connectivity index (χ1) is 8.48. The Morgan fingerprint density at radius 2 is 2.06 bits per heavy atom. The largest absolute Gasteiger partial charge is 0.399 e. The molecule has 0 spiro atoms. The first kappa shape index (κ1) is 14.9. The number of amides is 1. The van der Waals surface area contributed by atoms with E-state index in [-0.39, 0.29) is 19.1 Å². The number of carbonyl (C=O) groups is 1. The van der Waals surface area contributed by atoms with Gasteiger partial charge in [0.15, 0.2) is 0 Å². The highest BCUT2D eigenvalue weighted by molar-refractivity contribution is 9.10. The molecule has 0 saturated heterocycles. The van der Waals surface area contributed by atoms with E-state index in [1.165, 1.54) is 6.07 Å². The Morgan fingerprint density at radius 1 is 1.44 bits per heavy atom. The third-order valence-corrected chi connectivity index (χ3v) is 3.59. The number of benzene rings is 1. The Hall–Kier alpha value is -1.11. The summed E-state index contributed by atoms with van der Waals surface area (Å²) < 4.78 is 0.607. The molecular weight excluding hydrogens is 300 g/mol. The van der Waals surface area contributed by atoms with Gasteiger partial charge in [-0.3, -0.25) is 4.79 Å². The van der Waals surface area contributed by atoms with Gasteiger partial charge in [-0.2, -0.15) is 0 Å². The van der Waals surface area contributed by atoms with E-state index in [0.29, 0.717) is 22.1 Å². The summed E-state index contributed by atoms with van der Waals surface area (Å²) in [5.41, 5.74) is 5.46. The van der Waals surface area contributed by atoms with Crippen LogP contribution in [0.25, 0.3) is 0 Å². The SMILES string of the molecule is CCC(CO)(CO)NC(=O)c1cc(N)ccc1Br. The fourth-order valence-corrected chi connectivity index (χ4v) is 1.89. The summed E-state index contributed by atoms with van der Waals surface area (Å²) in [6.07, 6.45) is 0.422. The molecule has 0 aliphatic heterocycles. The number of hydrogen-bond acceptors (Lipinski definition) is 4. The van der Waals surface area contributed by atoms with E-state index in [0.717, 1.165) is 0 Å². The molecule has 0 bridgehead atoms. The van der Waals surface area contributed by atoms with Crippen LogP contribution in [0, 0.1) is 0 Å². The second kappa shape index (κ2) is 6.17. The molecular formula is C12H17BrN2O3. The number of carbonyl (C=O) groups excluding carboxylic acids is 1. The zero-order chi connectivity index (χ0) is 13.8. The molecule has 1 amide bonds. The molecule has 0 unspecified atom stereocenters. The number of hydrogen-bond donors (Lipinski definition) is 4. The number of halogens is 1. The van der Waals surface area contributed by atoms with E-state index in [2.05, 4.69) is 21.2 Å². The summed E-state index contributed by atoms with van der Waals surface area (Å²) >= 11 is 3.26. The molecule has 0 atom stereocenters. The lowest BCUT2D eigenvalue weighted by Gasteiger charge is -2.29. The molecule has 5 nitrogen and oxygen atoms in total. The summed E-state index contributed by atoms with van der Waals surface area (Å²) in [7, 11) is 0. The monoisotopic (exact) mass is 316 g/mol. The van der Waals surface area contributed by atoms with E-state index in [4.69, 9.17) is 5.73 Å². The molecule has 0 aromatic heterocycles. The molecule has 100 valence electrons. The summed E-state index contributed by atoms with van der Waals surface area (Å²) in [6.45, 7) is 1.12. The lowest BCUT2D eigenvalue weighted by Crippen LogP contribution is -2.53. The topological polar surface area (TPSA) is 95.6 Å². The van der Waals surface area contributed by atoms with Gasteiger partial charge in [-0.1, -0.05) is 6.92 Å². The van der Waals surface area contributed by atoms with Crippen molar-refractivity contribution in [3.8, 4) is 0 Å². The second-order valence-electron chi connectivity index (χ2n) is 4.14. The highest BCUT2D eigenvalue weighted by Gasteiger charge is 2.29. The van der Waals surface area contributed by atoms with Gasteiger partial charge in [0, 0.05) is 10.2 Å². The first-order valence-electron chi connectivity index (χ1n) is 5.57. The van der Waals surface area contributed by atoms with E-state index in [9.17, 15) is 15.0 Å². The van der Waals surface area contributed by atoms with Crippen molar-refractivity contribution < 1.29 is 15.0 Å². The van der Waals surface area contributed by atoms with E-state index in [1.54, 1.807) is 19.1 Å². The maximum Gasteiger partial charge on any atom is 0.253 e. The number of anilines is 1. The highest BCUT2D eigenvalue weighted by Crippen LogP contribution is 2.20. The van der Waals surface area contributed by atoms with Gasteiger partial charge in [0.25, 0.3) is 5.91 Å². The molecule has 0 radical (unpaired) electrons. The minimum atomic E-state index is -1.01. The lowest BCUT2D eigenvalue weighted by molar-refractivity contribution is 0.0652. The molecule has 1 aromatic carbocycles. The Bertz CT molecular complexity index is 425. The number of aliphatic hydroxyl groups is 2. The van der Waals surface area contributed by atoms with Crippen molar-refractivity contribution in [1.82, 2.24) is 5.32 Å². The van der Waals surface area contributed by atoms with Crippen molar-refractivity contribution in [2.75, 3.05) is 18.9 Å².